The van der Waals surface area contributed by atoms with Crippen molar-refractivity contribution in [2.24, 2.45) is 0 Å². The van der Waals surface area contributed by atoms with Crippen LogP contribution in [-0.4, -0.2) is 61.9 Å². The molecule has 1 aliphatic heterocycles. The van der Waals surface area contributed by atoms with Crippen LogP contribution in [0.4, 0.5) is 4.79 Å². The zero-order valence-electron chi connectivity index (χ0n) is 17.8. The molecule has 2 aliphatic rings. The van der Waals surface area contributed by atoms with Crippen LogP contribution in [0.3, 0.4) is 0 Å². The van der Waals surface area contributed by atoms with Crippen molar-refractivity contribution < 1.29 is 14.4 Å². The summed E-state index contributed by atoms with van der Waals surface area (Å²) in [6.07, 6.45) is 5.42. The maximum absolute atomic E-state index is 12.6. The molecule has 0 radical (unpaired) electrons. The van der Waals surface area contributed by atoms with Gasteiger partial charge >= 0.3 is 6.03 Å². The Hall–Kier alpha value is -2.59. The molecule has 0 unspecified atom stereocenters. The molecule has 1 aromatic heterocycles. The quantitative estimate of drug-likeness (QED) is 0.344. The minimum absolute atomic E-state index is 0.127. The Labute approximate surface area is 195 Å². The zero-order valence-corrected chi connectivity index (χ0v) is 19.3. The van der Waals surface area contributed by atoms with Crippen molar-refractivity contribution in [1.82, 2.24) is 30.3 Å². The van der Waals surface area contributed by atoms with Gasteiger partial charge in [-0.25, -0.2) is 4.79 Å². The number of benzene rings is 1. The van der Waals surface area contributed by atoms with Crippen LogP contribution >= 0.6 is 23.4 Å². The van der Waals surface area contributed by atoms with Gasteiger partial charge in [0.05, 0.1) is 11.4 Å². The van der Waals surface area contributed by atoms with E-state index in [9.17, 15) is 14.4 Å². The number of carbonyl (C=O) groups excluding carboxylic acids is 3. The van der Waals surface area contributed by atoms with Gasteiger partial charge in [-0.05, 0) is 43.9 Å². The van der Waals surface area contributed by atoms with E-state index in [2.05, 4.69) is 20.8 Å². The van der Waals surface area contributed by atoms with Gasteiger partial charge in [-0.1, -0.05) is 42.3 Å². The number of imide groups is 1. The molecular formula is C21H25ClN6O3S. The van der Waals surface area contributed by atoms with Crippen molar-refractivity contribution in [3.63, 3.8) is 0 Å². The summed E-state index contributed by atoms with van der Waals surface area (Å²) < 4.78 is 1.78. The summed E-state index contributed by atoms with van der Waals surface area (Å²) in [5.74, 6) is -0.113. The molecule has 0 bridgehead atoms. The minimum Gasteiger partial charge on any atom is -0.355 e. The highest BCUT2D eigenvalue weighted by Gasteiger charge is 2.51. The van der Waals surface area contributed by atoms with Gasteiger partial charge in [0.2, 0.25) is 5.91 Å². The molecule has 32 heavy (non-hydrogen) atoms. The second kappa shape index (κ2) is 9.50. The second-order valence-corrected chi connectivity index (χ2v) is 9.44. The molecule has 2 aromatic rings. The van der Waals surface area contributed by atoms with E-state index in [1.54, 1.807) is 10.9 Å². The Morgan fingerprint density at radius 1 is 1.31 bits per heavy atom. The van der Waals surface area contributed by atoms with Crippen LogP contribution in [0, 0.1) is 6.92 Å². The van der Waals surface area contributed by atoms with E-state index >= 15 is 0 Å². The molecule has 2 heterocycles. The number of urea groups is 1. The Morgan fingerprint density at radius 2 is 2.09 bits per heavy atom. The first-order chi connectivity index (χ1) is 15.4. The van der Waals surface area contributed by atoms with Crippen molar-refractivity contribution in [3.8, 4) is 5.69 Å². The molecule has 1 saturated carbocycles. The lowest BCUT2D eigenvalue weighted by Gasteiger charge is -2.20. The summed E-state index contributed by atoms with van der Waals surface area (Å²) in [4.78, 5) is 38.3. The van der Waals surface area contributed by atoms with Gasteiger partial charge in [0.15, 0.2) is 5.16 Å². The highest BCUT2D eigenvalue weighted by molar-refractivity contribution is 7.99. The molecule has 4 amide bonds. The third kappa shape index (κ3) is 4.61. The number of hydrogen-bond donors (Lipinski definition) is 2. The third-order valence-electron chi connectivity index (χ3n) is 5.87. The van der Waals surface area contributed by atoms with E-state index in [0.717, 1.165) is 24.1 Å². The average molecular weight is 477 g/mol. The fraction of sp³-hybridized carbons (Fsp3) is 0.476. The van der Waals surface area contributed by atoms with E-state index in [1.165, 1.54) is 16.7 Å². The minimum atomic E-state index is -0.686. The first kappa shape index (κ1) is 22.6. The maximum atomic E-state index is 12.6. The average Bonchev–Trinajstić information content (AvgIpc) is 3.48. The Morgan fingerprint density at radius 3 is 2.84 bits per heavy atom. The van der Waals surface area contributed by atoms with Gasteiger partial charge < -0.3 is 10.6 Å². The number of halogens is 1. The van der Waals surface area contributed by atoms with Crippen LogP contribution in [-0.2, 0) is 9.59 Å². The molecule has 0 atom stereocenters. The normalized spacial score (nSPS) is 17.2. The van der Waals surface area contributed by atoms with Gasteiger partial charge in [-0.3, -0.25) is 19.1 Å². The summed E-state index contributed by atoms with van der Waals surface area (Å²) in [6, 6.07) is 5.34. The van der Waals surface area contributed by atoms with Crippen LogP contribution in [0.25, 0.3) is 5.69 Å². The number of carbonyl (C=O) groups is 3. The monoisotopic (exact) mass is 476 g/mol. The van der Waals surface area contributed by atoms with E-state index < -0.39 is 5.54 Å². The Balaban J connectivity index is 1.22. The van der Waals surface area contributed by atoms with E-state index in [4.69, 9.17) is 11.6 Å². The molecule has 4 rings (SSSR count). The van der Waals surface area contributed by atoms with Crippen molar-refractivity contribution in [1.29, 1.82) is 0 Å². The highest BCUT2D eigenvalue weighted by Crippen LogP contribution is 2.35. The number of aryl methyl sites for hydroxylation is 1. The topological polar surface area (TPSA) is 109 Å². The third-order valence-corrected chi connectivity index (χ3v) is 7.22. The van der Waals surface area contributed by atoms with Crippen LogP contribution in [0.2, 0.25) is 5.02 Å². The van der Waals surface area contributed by atoms with Crippen molar-refractivity contribution in [2.75, 3.05) is 18.8 Å². The van der Waals surface area contributed by atoms with Gasteiger partial charge in [-0.15, -0.1) is 10.2 Å². The van der Waals surface area contributed by atoms with Crippen LogP contribution in [0.1, 0.15) is 37.7 Å². The van der Waals surface area contributed by atoms with Crippen LogP contribution < -0.4 is 10.6 Å². The van der Waals surface area contributed by atoms with Crippen molar-refractivity contribution >= 4 is 41.2 Å². The van der Waals surface area contributed by atoms with Crippen LogP contribution in [0.15, 0.2) is 29.7 Å². The number of amides is 4. The molecule has 1 aromatic carbocycles. The molecule has 1 aliphatic carbocycles. The zero-order chi connectivity index (χ0) is 22.7. The highest BCUT2D eigenvalue weighted by atomic mass is 35.5. The van der Waals surface area contributed by atoms with Gasteiger partial charge in [-0.2, -0.15) is 0 Å². The number of nitrogens with zero attached hydrogens (tertiary/aromatic N) is 4. The molecule has 11 heteroatoms. The summed E-state index contributed by atoms with van der Waals surface area (Å²) in [5, 5.41) is 14.9. The first-order valence-electron chi connectivity index (χ1n) is 10.6. The predicted molar refractivity (Wildman–Crippen MR) is 121 cm³/mol. The smallest absolute Gasteiger partial charge is 0.325 e. The van der Waals surface area contributed by atoms with E-state index in [1.807, 2.05) is 25.1 Å². The van der Waals surface area contributed by atoms with Crippen molar-refractivity contribution in [2.45, 2.75) is 49.7 Å². The standard InChI is InChI=1S/C21H25ClN6O3S/c1-14-5-6-15(11-16(14)22)28-13-24-26-20(28)32-12-17(29)23-9-4-10-27-18(30)21(25-19(27)31)7-2-3-8-21/h5-6,11,13H,2-4,7-10,12H2,1H3,(H,23,29)(H,25,31). The molecule has 1 spiro atoms. The summed E-state index contributed by atoms with van der Waals surface area (Å²) >= 11 is 7.48. The lowest BCUT2D eigenvalue weighted by atomic mass is 9.98. The number of aromatic nitrogens is 3. The molecule has 170 valence electrons. The van der Waals surface area contributed by atoms with E-state index in [0.29, 0.717) is 42.5 Å². The molecule has 9 nitrogen and oxygen atoms in total. The summed E-state index contributed by atoms with van der Waals surface area (Å²) in [7, 11) is 0. The summed E-state index contributed by atoms with van der Waals surface area (Å²) in [6.45, 7) is 2.60. The number of thioether (sulfide) groups is 1. The molecule has 2 fully saturated rings. The fourth-order valence-electron chi connectivity index (χ4n) is 4.07. The van der Waals surface area contributed by atoms with Gasteiger partial charge in [0, 0.05) is 18.1 Å². The number of nitrogens with one attached hydrogen (secondary N) is 2. The lowest BCUT2D eigenvalue weighted by molar-refractivity contribution is -0.131. The first-order valence-corrected chi connectivity index (χ1v) is 12.0. The largest absolute Gasteiger partial charge is 0.355 e. The summed E-state index contributed by atoms with van der Waals surface area (Å²) in [5.41, 5.74) is 1.11. The lowest BCUT2D eigenvalue weighted by Crippen LogP contribution is -2.44. The molecule has 2 N–H and O–H groups in total. The molecule has 1 saturated heterocycles. The SMILES string of the molecule is Cc1ccc(-n2cnnc2SCC(=O)NCCCN2C(=O)NC3(CCCC3)C2=O)cc1Cl. The fourth-order valence-corrected chi connectivity index (χ4v) is 5.01. The number of rotatable bonds is 8. The number of hydrogen-bond acceptors (Lipinski definition) is 6. The second-order valence-electron chi connectivity index (χ2n) is 8.09. The Kier molecular flexibility index (Phi) is 6.71. The predicted octanol–water partition coefficient (Wildman–Crippen LogP) is 2.69. The van der Waals surface area contributed by atoms with Crippen molar-refractivity contribution in [3.05, 3.63) is 35.1 Å². The van der Waals surface area contributed by atoms with Crippen LogP contribution in [0.5, 0.6) is 0 Å². The van der Waals surface area contributed by atoms with Gasteiger partial charge in [0.1, 0.15) is 11.9 Å². The molecular weight excluding hydrogens is 452 g/mol. The van der Waals surface area contributed by atoms with E-state index in [-0.39, 0.29) is 23.6 Å². The Bertz CT molecular complexity index is 1040. The maximum Gasteiger partial charge on any atom is 0.325 e. The van der Waals surface area contributed by atoms with Gasteiger partial charge in [0.25, 0.3) is 5.91 Å².